The number of hydrogen-bond acceptors (Lipinski definition) is 6. The van der Waals surface area contributed by atoms with Crippen molar-refractivity contribution in [1.29, 1.82) is 0 Å². The molecular formula is C16H18N6O2S. The fourth-order valence-corrected chi connectivity index (χ4v) is 3.03. The van der Waals surface area contributed by atoms with Crippen LogP contribution < -0.4 is 10.1 Å². The summed E-state index contributed by atoms with van der Waals surface area (Å²) in [5.41, 5.74) is 1.72. The summed E-state index contributed by atoms with van der Waals surface area (Å²) in [5, 5.41) is 15.7. The van der Waals surface area contributed by atoms with E-state index in [1.807, 2.05) is 41.8 Å². The maximum absolute atomic E-state index is 12.2. The van der Waals surface area contributed by atoms with E-state index in [1.54, 1.807) is 25.2 Å². The van der Waals surface area contributed by atoms with Crippen LogP contribution in [-0.2, 0) is 11.8 Å². The number of rotatable bonds is 6. The van der Waals surface area contributed by atoms with Crippen LogP contribution in [0.4, 0.5) is 5.82 Å². The summed E-state index contributed by atoms with van der Waals surface area (Å²) in [5.74, 6) is 1.49. The van der Waals surface area contributed by atoms with Gasteiger partial charge < -0.3 is 10.1 Å². The van der Waals surface area contributed by atoms with Crippen LogP contribution in [-0.4, -0.2) is 43.3 Å². The topological polar surface area (TPSA) is 86.9 Å². The second-order valence-corrected chi connectivity index (χ2v) is 6.26. The molecule has 0 unspecified atom stereocenters. The first-order valence-electron chi connectivity index (χ1n) is 7.54. The van der Waals surface area contributed by atoms with Crippen molar-refractivity contribution in [2.24, 2.45) is 7.05 Å². The number of anilines is 1. The van der Waals surface area contributed by atoms with Crippen LogP contribution in [0.2, 0.25) is 0 Å². The predicted octanol–water partition coefficient (Wildman–Crippen LogP) is 2.05. The van der Waals surface area contributed by atoms with Crippen molar-refractivity contribution in [1.82, 2.24) is 24.5 Å². The number of carbonyl (C=O) groups is 1. The Balaban J connectivity index is 1.67. The molecule has 0 bridgehead atoms. The number of aromatic nitrogens is 5. The lowest BCUT2D eigenvalue weighted by Gasteiger charge is -2.08. The smallest absolute Gasteiger partial charge is 0.235 e. The van der Waals surface area contributed by atoms with Gasteiger partial charge in [-0.25, -0.2) is 0 Å². The van der Waals surface area contributed by atoms with Gasteiger partial charge in [0.05, 0.1) is 24.2 Å². The van der Waals surface area contributed by atoms with Gasteiger partial charge in [0.25, 0.3) is 0 Å². The second kappa shape index (κ2) is 7.39. The first-order chi connectivity index (χ1) is 12.1. The summed E-state index contributed by atoms with van der Waals surface area (Å²) >= 11 is 1.31. The van der Waals surface area contributed by atoms with Crippen molar-refractivity contribution in [3.63, 3.8) is 0 Å². The van der Waals surface area contributed by atoms with E-state index in [1.165, 1.54) is 11.8 Å². The van der Waals surface area contributed by atoms with E-state index in [4.69, 9.17) is 4.74 Å². The van der Waals surface area contributed by atoms with Crippen molar-refractivity contribution in [3.8, 4) is 11.4 Å². The minimum atomic E-state index is -0.131. The molecule has 3 aromatic rings. The molecule has 2 heterocycles. The van der Waals surface area contributed by atoms with Gasteiger partial charge in [0.1, 0.15) is 17.9 Å². The molecule has 130 valence electrons. The fraction of sp³-hybridized carbons (Fsp3) is 0.250. The number of methoxy groups -OCH3 is 1. The van der Waals surface area contributed by atoms with Gasteiger partial charge in [-0.2, -0.15) is 5.10 Å². The second-order valence-electron chi connectivity index (χ2n) is 5.32. The Morgan fingerprint density at radius 3 is 2.92 bits per heavy atom. The van der Waals surface area contributed by atoms with Gasteiger partial charge in [0.2, 0.25) is 5.91 Å². The van der Waals surface area contributed by atoms with E-state index in [9.17, 15) is 4.79 Å². The Morgan fingerprint density at radius 1 is 1.36 bits per heavy atom. The summed E-state index contributed by atoms with van der Waals surface area (Å²) in [6.07, 6.45) is 1.61. The fourth-order valence-electron chi connectivity index (χ4n) is 2.30. The molecule has 0 aliphatic rings. The standard InChI is InChI=1S/C16H18N6O2S/c1-11-7-14(21(2)20-11)18-15(23)9-25-16-19-17-10-22(16)12-5-4-6-13(8-12)24-3/h4-8,10H,9H2,1-3H3,(H,18,23). The lowest BCUT2D eigenvalue weighted by molar-refractivity contribution is -0.113. The molecule has 0 saturated carbocycles. The molecule has 25 heavy (non-hydrogen) atoms. The zero-order valence-electron chi connectivity index (χ0n) is 14.1. The summed E-state index contributed by atoms with van der Waals surface area (Å²) in [6, 6.07) is 9.38. The lowest BCUT2D eigenvalue weighted by Crippen LogP contribution is -2.16. The van der Waals surface area contributed by atoms with E-state index < -0.39 is 0 Å². The zero-order chi connectivity index (χ0) is 17.8. The highest BCUT2D eigenvalue weighted by atomic mass is 32.2. The number of thioether (sulfide) groups is 1. The van der Waals surface area contributed by atoms with E-state index in [2.05, 4.69) is 20.6 Å². The minimum absolute atomic E-state index is 0.131. The van der Waals surface area contributed by atoms with Crippen molar-refractivity contribution in [2.45, 2.75) is 12.1 Å². The number of hydrogen-bond donors (Lipinski definition) is 1. The first-order valence-corrected chi connectivity index (χ1v) is 8.53. The largest absolute Gasteiger partial charge is 0.497 e. The normalized spacial score (nSPS) is 10.7. The molecule has 0 fully saturated rings. The number of ether oxygens (including phenoxy) is 1. The highest BCUT2D eigenvalue weighted by molar-refractivity contribution is 7.99. The quantitative estimate of drug-likeness (QED) is 0.679. The van der Waals surface area contributed by atoms with Crippen molar-refractivity contribution in [3.05, 3.63) is 42.4 Å². The van der Waals surface area contributed by atoms with E-state index >= 15 is 0 Å². The van der Waals surface area contributed by atoms with Crippen molar-refractivity contribution >= 4 is 23.5 Å². The Kier molecular flexibility index (Phi) is 5.03. The molecule has 0 aliphatic heterocycles. The van der Waals surface area contributed by atoms with Gasteiger partial charge in [-0.1, -0.05) is 17.8 Å². The number of aryl methyl sites for hydroxylation is 2. The molecule has 2 aromatic heterocycles. The average Bonchev–Trinajstić information content (AvgIpc) is 3.19. The van der Waals surface area contributed by atoms with Gasteiger partial charge in [-0.05, 0) is 19.1 Å². The van der Waals surface area contributed by atoms with Crippen LogP contribution in [0.25, 0.3) is 5.69 Å². The van der Waals surface area contributed by atoms with E-state index in [-0.39, 0.29) is 11.7 Å². The third-order valence-electron chi connectivity index (χ3n) is 3.45. The average molecular weight is 358 g/mol. The molecule has 0 saturated heterocycles. The van der Waals surface area contributed by atoms with Crippen molar-refractivity contribution in [2.75, 3.05) is 18.2 Å². The number of amides is 1. The van der Waals surface area contributed by atoms with Crippen LogP contribution in [0.3, 0.4) is 0 Å². The third-order valence-corrected chi connectivity index (χ3v) is 4.39. The predicted molar refractivity (Wildman–Crippen MR) is 95.2 cm³/mol. The molecule has 8 nitrogen and oxygen atoms in total. The monoisotopic (exact) mass is 358 g/mol. The van der Waals surface area contributed by atoms with E-state index in [0.717, 1.165) is 17.1 Å². The number of carbonyl (C=O) groups excluding carboxylic acids is 1. The van der Waals surface area contributed by atoms with Crippen LogP contribution in [0, 0.1) is 6.92 Å². The van der Waals surface area contributed by atoms with Crippen LogP contribution in [0.5, 0.6) is 5.75 Å². The molecule has 9 heteroatoms. The van der Waals surface area contributed by atoms with Gasteiger partial charge >= 0.3 is 0 Å². The number of nitrogens with one attached hydrogen (secondary N) is 1. The van der Waals surface area contributed by atoms with E-state index in [0.29, 0.717) is 11.0 Å². The molecule has 1 aromatic carbocycles. The maximum Gasteiger partial charge on any atom is 0.235 e. The van der Waals surface area contributed by atoms with Crippen molar-refractivity contribution < 1.29 is 9.53 Å². The number of nitrogens with zero attached hydrogens (tertiary/aromatic N) is 5. The van der Waals surface area contributed by atoms with Gasteiger partial charge in [0.15, 0.2) is 5.16 Å². The first kappa shape index (κ1) is 17.0. The summed E-state index contributed by atoms with van der Waals surface area (Å²) in [6.45, 7) is 1.88. The highest BCUT2D eigenvalue weighted by Gasteiger charge is 2.12. The van der Waals surface area contributed by atoms with Crippen LogP contribution in [0.15, 0.2) is 41.8 Å². The van der Waals surface area contributed by atoms with Crippen LogP contribution in [0.1, 0.15) is 5.69 Å². The number of benzene rings is 1. The Morgan fingerprint density at radius 2 is 2.20 bits per heavy atom. The molecular weight excluding hydrogens is 340 g/mol. The molecule has 0 spiro atoms. The Hall–Kier alpha value is -2.81. The van der Waals surface area contributed by atoms with Crippen LogP contribution >= 0.6 is 11.8 Å². The molecule has 0 radical (unpaired) electrons. The molecule has 1 N–H and O–H groups in total. The lowest BCUT2D eigenvalue weighted by atomic mass is 10.3. The van der Waals surface area contributed by atoms with Gasteiger partial charge in [-0.15, -0.1) is 10.2 Å². The highest BCUT2D eigenvalue weighted by Crippen LogP contribution is 2.22. The molecule has 0 aliphatic carbocycles. The third kappa shape index (κ3) is 4.00. The molecule has 0 atom stereocenters. The SMILES string of the molecule is COc1cccc(-n2cnnc2SCC(=O)Nc2cc(C)nn2C)c1. The summed E-state index contributed by atoms with van der Waals surface area (Å²) < 4.78 is 8.69. The summed E-state index contributed by atoms with van der Waals surface area (Å²) in [4.78, 5) is 12.2. The Labute approximate surface area is 149 Å². The maximum atomic E-state index is 12.2. The molecule has 1 amide bonds. The summed E-state index contributed by atoms with van der Waals surface area (Å²) in [7, 11) is 3.40. The van der Waals surface area contributed by atoms with Gasteiger partial charge in [0, 0.05) is 19.2 Å². The van der Waals surface area contributed by atoms with Gasteiger partial charge in [-0.3, -0.25) is 14.0 Å². The minimum Gasteiger partial charge on any atom is -0.497 e. The Bertz CT molecular complexity index is 888. The molecule has 3 rings (SSSR count). The zero-order valence-corrected chi connectivity index (χ0v) is 14.9.